The number of esters is 1. The van der Waals surface area contributed by atoms with Gasteiger partial charge in [0.05, 0.1) is 5.92 Å². The Morgan fingerprint density at radius 1 is 0.968 bits per heavy atom. The van der Waals surface area contributed by atoms with Crippen LogP contribution in [0.2, 0.25) is 0 Å². The molecule has 0 spiro atoms. The van der Waals surface area contributed by atoms with Crippen molar-refractivity contribution in [2.75, 3.05) is 0 Å². The van der Waals surface area contributed by atoms with E-state index in [1.165, 1.54) is 25.7 Å². The van der Waals surface area contributed by atoms with E-state index >= 15 is 0 Å². The summed E-state index contributed by atoms with van der Waals surface area (Å²) in [6.07, 6.45) is 9.37. The molecule has 0 atom stereocenters. The Balaban J connectivity index is 1.30. The first-order chi connectivity index (χ1) is 15.2. The topological polar surface area (TPSA) is 65.2 Å². The third-order valence-corrected chi connectivity index (χ3v) is 6.17. The molecule has 0 aliphatic heterocycles. The zero-order valence-corrected chi connectivity index (χ0v) is 18.1. The van der Waals surface area contributed by atoms with Gasteiger partial charge < -0.3 is 9.26 Å². The highest BCUT2D eigenvalue weighted by Crippen LogP contribution is 2.33. The second-order valence-electron chi connectivity index (χ2n) is 8.45. The van der Waals surface area contributed by atoms with Gasteiger partial charge in [-0.15, -0.1) is 0 Å². The van der Waals surface area contributed by atoms with Crippen molar-refractivity contribution in [3.8, 4) is 28.6 Å². The van der Waals surface area contributed by atoms with Gasteiger partial charge in [-0.1, -0.05) is 56.0 Å². The quantitative estimate of drug-likeness (QED) is 0.231. The largest absolute Gasteiger partial charge is 0.426 e. The molecule has 1 aliphatic rings. The Hall–Kier alpha value is -2.95. The lowest BCUT2D eigenvalue weighted by molar-refractivity contribution is -0.140. The average molecular weight is 419 g/mol. The molecule has 0 unspecified atom stereocenters. The lowest BCUT2D eigenvalue weighted by Crippen LogP contribution is -2.25. The predicted molar refractivity (Wildman–Crippen MR) is 120 cm³/mol. The molecule has 5 nitrogen and oxygen atoms in total. The fraction of sp³-hybridized carbons (Fsp3) is 0.423. The van der Waals surface area contributed by atoms with Gasteiger partial charge in [-0.05, 0) is 68.0 Å². The molecular weight excluding hydrogens is 388 g/mol. The molecule has 1 fully saturated rings. The molecule has 5 heteroatoms. The zero-order chi connectivity index (χ0) is 21.5. The summed E-state index contributed by atoms with van der Waals surface area (Å²) < 4.78 is 11.0. The maximum absolute atomic E-state index is 12.6. The lowest BCUT2D eigenvalue weighted by Gasteiger charge is -2.27. The number of ether oxygens (including phenoxy) is 1. The number of hydrogen-bond donors (Lipinski definition) is 0. The first kappa shape index (κ1) is 21.3. The van der Waals surface area contributed by atoms with Gasteiger partial charge in [-0.2, -0.15) is 4.98 Å². The zero-order valence-electron chi connectivity index (χ0n) is 18.1. The van der Waals surface area contributed by atoms with Crippen molar-refractivity contribution in [1.82, 2.24) is 10.1 Å². The van der Waals surface area contributed by atoms with E-state index in [1.807, 2.05) is 42.5 Å². The van der Waals surface area contributed by atoms with Crippen molar-refractivity contribution in [2.45, 2.75) is 58.3 Å². The highest BCUT2D eigenvalue weighted by molar-refractivity contribution is 5.75. The normalized spacial score (nSPS) is 18.6. The molecule has 1 saturated carbocycles. The molecule has 0 bridgehead atoms. The second kappa shape index (κ2) is 10.4. The number of aromatic nitrogens is 2. The molecule has 0 saturated heterocycles. The Kier molecular flexibility index (Phi) is 7.13. The third kappa shape index (κ3) is 5.60. The molecule has 1 aromatic heterocycles. The first-order valence-electron chi connectivity index (χ1n) is 11.4. The number of carbonyl (C=O) groups excluding carboxylic acids is 1. The molecule has 0 amide bonds. The van der Waals surface area contributed by atoms with E-state index in [1.54, 1.807) is 12.1 Å². The van der Waals surface area contributed by atoms with Gasteiger partial charge in [-0.3, -0.25) is 4.79 Å². The number of unbranched alkanes of at least 4 members (excludes halogenated alkanes) is 2. The summed E-state index contributed by atoms with van der Waals surface area (Å²) in [7, 11) is 0. The summed E-state index contributed by atoms with van der Waals surface area (Å²) in [5.41, 5.74) is 1.70. The number of nitrogens with zero attached hydrogens (tertiary/aromatic N) is 2. The smallest absolute Gasteiger partial charge is 0.314 e. The Morgan fingerprint density at radius 3 is 2.42 bits per heavy atom. The number of rotatable bonds is 8. The van der Waals surface area contributed by atoms with E-state index in [0.717, 1.165) is 42.7 Å². The molecule has 31 heavy (non-hydrogen) atoms. The van der Waals surface area contributed by atoms with Crippen LogP contribution in [0.1, 0.15) is 58.3 Å². The Bertz CT molecular complexity index is 958. The maximum Gasteiger partial charge on any atom is 0.314 e. The minimum Gasteiger partial charge on any atom is -0.426 e. The highest BCUT2D eigenvalue weighted by atomic mass is 16.5. The number of hydrogen-bond acceptors (Lipinski definition) is 5. The van der Waals surface area contributed by atoms with Crippen LogP contribution < -0.4 is 4.74 Å². The van der Waals surface area contributed by atoms with Crippen LogP contribution in [0.3, 0.4) is 0 Å². The lowest BCUT2D eigenvalue weighted by atomic mass is 9.80. The summed E-state index contributed by atoms with van der Waals surface area (Å²) in [6.45, 7) is 2.24. The van der Waals surface area contributed by atoms with Crippen molar-refractivity contribution in [3.63, 3.8) is 0 Å². The van der Waals surface area contributed by atoms with Crippen LogP contribution in [-0.4, -0.2) is 16.1 Å². The van der Waals surface area contributed by atoms with E-state index < -0.39 is 0 Å². The van der Waals surface area contributed by atoms with Crippen LogP contribution in [0.5, 0.6) is 5.75 Å². The molecule has 2 aromatic carbocycles. The number of benzene rings is 2. The second-order valence-corrected chi connectivity index (χ2v) is 8.45. The van der Waals surface area contributed by atoms with E-state index in [4.69, 9.17) is 9.26 Å². The van der Waals surface area contributed by atoms with Gasteiger partial charge in [0.25, 0.3) is 5.89 Å². The number of carbonyl (C=O) groups is 1. The monoisotopic (exact) mass is 418 g/mol. The standard InChI is InChI=1S/C26H30N2O3/c1-2-3-5-8-19-11-13-22(14-12-19)26(29)30-23-17-15-20(16-18-23)24-27-25(31-28-24)21-9-6-4-7-10-21/h4,6-7,9-10,15-19,22H,2-3,5,8,11-14H2,1H3. The van der Waals surface area contributed by atoms with Crippen LogP contribution in [-0.2, 0) is 4.79 Å². The van der Waals surface area contributed by atoms with Gasteiger partial charge in [0.15, 0.2) is 0 Å². The van der Waals surface area contributed by atoms with Crippen molar-refractivity contribution in [1.29, 1.82) is 0 Å². The van der Waals surface area contributed by atoms with Gasteiger partial charge >= 0.3 is 5.97 Å². The summed E-state index contributed by atoms with van der Waals surface area (Å²) >= 11 is 0. The predicted octanol–water partition coefficient (Wildman–Crippen LogP) is 6.70. The van der Waals surface area contributed by atoms with Crippen molar-refractivity contribution >= 4 is 5.97 Å². The van der Waals surface area contributed by atoms with Crippen LogP contribution in [0.4, 0.5) is 0 Å². The van der Waals surface area contributed by atoms with E-state index in [0.29, 0.717) is 17.5 Å². The summed E-state index contributed by atoms with van der Waals surface area (Å²) in [6, 6.07) is 17.0. The van der Waals surface area contributed by atoms with E-state index in [-0.39, 0.29) is 11.9 Å². The Labute approximate surface area is 183 Å². The van der Waals surface area contributed by atoms with Gasteiger partial charge in [0.1, 0.15) is 5.75 Å². The highest BCUT2D eigenvalue weighted by Gasteiger charge is 2.27. The van der Waals surface area contributed by atoms with E-state index in [9.17, 15) is 4.79 Å². The molecule has 0 N–H and O–H groups in total. The molecule has 162 valence electrons. The minimum atomic E-state index is -0.106. The van der Waals surface area contributed by atoms with Crippen molar-refractivity contribution in [2.24, 2.45) is 11.8 Å². The molecule has 1 aliphatic carbocycles. The summed E-state index contributed by atoms with van der Waals surface area (Å²) in [5, 5.41) is 4.07. The minimum absolute atomic E-state index is 0.0211. The van der Waals surface area contributed by atoms with Crippen LogP contribution >= 0.6 is 0 Å². The van der Waals surface area contributed by atoms with Crippen molar-refractivity contribution < 1.29 is 14.1 Å². The molecule has 1 heterocycles. The van der Waals surface area contributed by atoms with Gasteiger partial charge in [0, 0.05) is 11.1 Å². The van der Waals surface area contributed by atoms with Crippen molar-refractivity contribution in [3.05, 3.63) is 54.6 Å². The van der Waals surface area contributed by atoms with Gasteiger partial charge in [0.2, 0.25) is 5.82 Å². The van der Waals surface area contributed by atoms with Crippen LogP contribution in [0.15, 0.2) is 59.1 Å². The molecule has 4 rings (SSSR count). The molecule has 0 radical (unpaired) electrons. The fourth-order valence-corrected chi connectivity index (χ4v) is 4.28. The summed E-state index contributed by atoms with van der Waals surface area (Å²) in [5.74, 6) is 2.25. The molecule has 3 aromatic rings. The maximum atomic E-state index is 12.6. The SMILES string of the molecule is CCCCCC1CCC(C(=O)Oc2ccc(-c3noc(-c4ccccc4)n3)cc2)CC1. The van der Waals surface area contributed by atoms with Crippen LogP contribution in [0, 0.1) is 11.8 Å². The molecular formula is C26H30N2O3. The summed E-state index contributed by atoms with van der Waals surface area (Å²) in [4.78, 5) is 17.1. The average Bonchev–Trinajstić information content (AvgIpc) is 3.31. The van der Waals surface area contributed by atoms with Crippen LogP contribution in [0.25, 0.3) is 22.8 Å². The Morgan fingerprint density at radius 2 is 1.71 bits per heavy atom. The third-order valence-electron chi connectivity index (χ3n) is 6.17. The van der Waals surface area contributed by atoms with Gasteiger partial charge in [-0.25, -0.2) is 0 Å². The van der Waals surface area contributed by atoms with E-state index in [2.05, 4.69) is 17.1 Å². The first-order valence-corrected chi connectivity index (χ1v) is 11.4. The fourth-order valence-electron chi connectivity index (χ4n) is 4.28.